The molecule has 0 aliphatic carbocycles. The number of nitrogens with one attached hydrogen (secondary N) is 1. The lowest BCUT2D eigenvalue weighted by Gasteiger charge is -2.37. The molecule has 6 heteroatoms. The van der Waals surface area contributed by atoms with Crippen LogP contribution in [0.5, 0.6) is 11.5 Å². The summed E-state index contributed by atoms with van der Waals surface area (Å²) in [4.78, 5) is 26.3. The number of hydrogen-bond acceptors (Lipinski definition) is 6. The van der Waals surface area contributed by atoms with E-state index in [9.17, 15) is 9.59 Å². The third-order valence-corrected chi connectivity index (χ3v) is 5.62. The molecule has 3 aromatic rings. The molecule has 0 unspecified atom stereocenters. The number of ether oxygens (including phenoxy) is 3. The van der Waals surface area contributed by atoms with Gasteiger partial charge in [-0.2, -0.15) is 0 Å². The normalized spacial score (nSPS) is 14.7. The van der Waals surface area contributed by atoms with E-state index >= 15 is 0 Å². The zero-order valence-corrected chi connectivity index (χ0v) is 17.2. The zero-order valence-electron chi connectivity index (χ0n) is 17.2. The lowest BCUT2D eigenvalue weighted by molar-refractivity contribution is 0.0215. The standard InChI is InChI=1S/C25H21NO5/c1-3-26-18-14-13-15(23(27)29-4-2)22-21(18)24(28)31-25(22)16-9-5-7-11-19(16)30-20-12-8-6-10-17(20)25/h5-14,26H,3-4H2,1-2H3. The summed E-state index contributed by atoms with van der Waals surface area (Å²) in [6.07, 6.45) is 0. The molecule has 0 amide bonds. The SMILES string of the molecule is CCNc1ccc(C(=O)OCC)c2c1C(=O)OC21c2ccccc2Oc2ccccc21. The summed E-state index contributed by atoms with van der Waals surface area (Å²) < 4.78 is 17.7. The van der Waals surface area contributed by atoms with E-state index in [2.05, 4.69) is 5.32 Å². The second kappa shape index (κ2) is 7.16. The van der Waals surface area contributed by atoms with Crippen LogP contribution in [0.2, 0.25) is 0 Å². The summed E-state index contributed by atoms with van der Waals surface area (Å²) in [7, 11) is 0. The molecule has 5 rings (SSSR count). The number of para-hydroxylation sites is 2. The first-order valence-corrected chi connectivity index (χ1v) is 10.3. The second-order valence-electron chi connectivity index (χ2n) is 7.33. The number of anilines is 1. The highest BCUT2D eigenvalue weighted by Gasteiger charge is 2.56. The van der Waals surface area contributed by atoms with Gasteiger partial charge in [0, 0.05) is 28.9 Å². The largest absolute Gasteiger partial charge is 0.462 e. The van der Waals surface area contributed by atoms with E-state index in [0.717, 1.165) is 0 Å². The molecule has 1 spiro atoms. The molecule has 0 atom stereocenters. The Morgan fingerprint density at radius 1 is 0.968 bits per heavy atom. The molecule has 0 bridgehead atoms. The number of hydrogen-bond donors (Lipinski definition) is 1. The van der Waals surface area contributed by atoms with E-state index < -0.39 is 17.5 Å². The van der Waals surface area contributed by atoms with Gasteiger partial charge in [-0.3, -0.25) is 0 Å². The van der Waals surface area contributed by atoms with Crippen LogP contribution in [0.4, 0.5) is 5.69 Å². The van der Waals surface area contributed by atoms with Gasteiger partial charge in [0.25, 0.3) is 0 Å². The van der Waals surface area contributed by atoms with E-state index in [-0.39, 0.29) is 6.61 Å². The summed E-state index contributed by atoms with van der Waals surface area (Å²) in [6, 6.07) is 18.3. The van der Waals surface area contributed by atoms with Crippen LogP contribution in [0.3, 0.4) is 0 Å². The van der Waals surface area contributed by atoms with Crippen LogP contribution in [0.25, 0.3) is 0 Å². The minimum Gasteiger partial charge on any atom is -0.462 e. The van der Waals surface area contributed by atoms with Crippen LogP contribution >= 0.6 is 0 Å². The molecule has 2 heterocycles. The maximum atomic E-state index is 13.3. The predicted molar refractivity (Wildman–Crippen MR) is 115 cm³/mol. The summed E-state index contributed by atoms with van der Waals surface area (Å²) in [5, 5.41) is 3.22. The summed E-state index contributed by atoms with van der Waals surface area (Å²) in [5.74, 6) is 0.153. The van der Waals surface area contributed by atoms with Gasteiger partial charge in [-0.15, -0.1) is 0 Å². The van der Waals surface area contributed by atoms with Gasteiger partial charge in [0.2, 0.25) is 0 Å². The van der Waals surface area contributed by atoms with E-state index in [0.29, 0.717) is 51.5 Å². The molecule has 0 aromatic heterocycles. The van der Waals surface area contributed by atoms with Crippen LogP contribution in [-0.2, 0) is 15.1 Å². The number of fused-ring (bicyclic) bond motifs is 6. The lowest BCUT2D eigenvalue weighted by atomic mass is 9.75. The van der Waals surface area contributed by atoms with E-state index in [1.807, 2.05) is 55.5 Å². The van der Waals surface area contributed by atoms with Crippen LogP contribution in [-0.4, -0.2) is 25.1 Å². The number of carbonyl (C=O) groups excluding carboxylic acids is 2. The molecule has 0 radical (unpaired) electrons. The van der Waals surface area contributed by atoms with Crippen molar-refractivity contribution in [2.24, 2.45) is 0 Å². The maximum absolute atomic E-state index is 13.3. The molecule has 3 aromatic carbocycles. The second-order valence-corrected chi connectivity index (χ2v) is 7.33. The Morgan fingerprint density at radius 2 is 1.61 bits per heavy atom. The van der Waals surface area contributed by atoms with E-state index in [1.54, 1.807) is 19.1 Å². The average molecular weight is 415 g/mol. The minimum absolute atomic E-state index is 0.223. The topological polar surface area (TPSA) is 73.9 Å². The molecule has 2 aliphatic heterocycles. The Labute approximate surface area is 179 Å². The molecule has 1 N–H and O–H groups in total. The van der Waals surface area contributed by atoms with Crippen molar-refractivity contribution in [3.05, 3.63) is 88.5 Å². The highest BCUT2D eigenvalue weighted by atomic mass is 16.6. The van der Waals surface area contributed by atoms with Gasteiger partial charge in [-0.25, -0.2) is 9.59 Å². The first-order valence-electron chi connectivity index (χ1n) is 10.3. The predicted octanol–water partition coefficient (Wildman–Crippen LogP) is 4.86. The monoisotopic (exact) mass is 415 g/mol. The van der Waals surface area contributed by atoms with Crippen LogP contribution in [0, 0.1) is 0 Å². The quantitative estimate of drug-likeness (QED) is 0.614. The fraction of sp³-hybridized carbons (Fsp3) is 0.200. The molecule has 31 heavy (non-hydrogen) atoms. The molecule has 156 valence electrons. The van der Waals surface area contributed by atoms with Gasteiger partial charge in [0.1, 0.15) is 11.5 Å². The Bertz CT molecular complexity index is 1170. The number of benzene rings is 3. The average Bonchev–Trinajstić information content (AvgIpc) is 3.09. The Balaban J connectivity index is 1.91. The van der Waals surface area contributed by atoms with Crippen LogP contribution in [0.15, 0.2) is 60.7 Å². The van der Waals surface area contributed by atoms with Gasteiger partial charge in [0.05, 0.1) is 17.7 Å². The summed E-state index contributed by atoms with van der Waals surface area (Å²) in [6.45, 7) is 4.53. The van der Waals surface area contributed by atoms with E-state index in [4.69, 9.17) is 14.2 Å². The number of esters is 2. The fourth-order valence-electron chi connectivity index (χ4n) is 4.47. The van der Waals surface area contributed by atoms with Crippen molar-refractivity contribution in [2.75, 3.05) is 18.5 Å². The molecular weight excluding hydrogens is 394 g/mol. The van der Waals surface area contributed by atoms with Gasteiger partial charge < -0.3 is 19.5 Å². The Morgan fingerprint density at radius 3 is 2.23 bits per heavy atom. The third-order valence-electron chi connectivity index (χ3n) is 5.62. The van der Waals surface area contributed by atoms with Crippen molar-refractivity contribution < 1.29 is 23.8 Å². The lowest BCUT2D eigenvalue weighted by Crippen LogP contribution is -2.34. The molecule has 0 saturated carbocycles. The maximum Gasteiger partial charge on any atom is 0.342 e. The van der Waals surface area contributed by atoms with Gasteiger partial charge in [-0.1, -0.05) is 36.4 Å². The molecular formula is C25H21NO5. The Hall–Kier alpha value is -3.80. The summed E-state index contributed by atoms with van der Waals surface area (Å²) >= 11 is 0. The molecule has 2 aliphatic rings. The van der Waals surface area contributed by atoms with Crippen molar-refractivity contribution in [3.63, 3.8) is 0 Å². The van der Waals surface area contributed by atoms with Gasteiger partial charge in [-0.05, 0) is 38.1 Å². The molecule has 0 fully saturated rings. The van der Waals surface area contributed by atoms with Gasteiger partial charge >= 0.3 is 11.9 Å². The smallest absolute Gasteiger partial charge is 0.342 e. The highest BCUT2D eigenvalue weighted by molar-refractivity contribution is 6.07. The van der Waals surface area contributed by atoms with Crippen molar-refractivity contribution in [1.82, 2.24) is 0 Å². The number of carbonyl (C=O) groups is 2. The first kappa shape index (κ1) is 19.2. The van der Waals surface area contributed by atoms with Crippen LogP contribution < -0.4 is 10.1 Å². The van der Waals surface area contributed by atoms with Crippen molar-refractivity contribution in [2.45, 2.75) is 19.4 Å². The zero-order chi connectivity index (χ0) is 21.6. The van der Waals surface area contributed by atoms with Crippen molar-refractivity contribution >= 4 is 17.6 Å². The van der Waals surface area contributed by atoms with Crippen molar-refractivity contribution in [3.8, 4) is 11.5 Å². The van der Waals surface area contributed by atoms with Gasteiger partial charge in [0.15, 0.2) is 5.60 Å². The van der Waals surface area contributed by atoms with Crippen LogP contribution in [0.1, 0.15) is 51.3 Å². The third kappa shape index (κ3) is 2.64. The summed E-state index contributed by atoms with van der Waals surface area (Å²) in [5.41, 5.74) is 1.77. The Kier molecular flexibility index (Phi) is 4.43. The minimum atomic E-state index is -1.31. The highest BCUT2D eigenvalue weighted by Crippen LogP contribution is 2.57. The van der Waals surface area contributed by atoms with E-state index in [1.165, 1.54) is 0 Å². The van der Waals surface area contributed by atoms with Crippen molar-refractivity contribution in [1.29, 1.82) is 0 Å². The molecule has 6 nitrogen and oxygen atoms in total. The fourth-order valence-corrected chi connectivity index (χ4v) is 4.47. The first-order chi connectivity index (χ1) is 15.1. The molecule has 0 saturated heterocycles. The number of rotatable bonds is 4.